The molecular formula is C10H18N4O3. The minimum Gasteiger partial charge on any atom is -0.467 e. The van der Waals surface area contributed by atoms with Crippen molar-refractivity contribution in [1.82, 2.24) is 15.0 Å². The van der Waals surface area contributed by atoms with E-state index in [2.05, 4.69) is 20.3 Å². The zero-order valence-corrected chi connectivity index (χ0v) is 10.7. The van der Waals surface area contributed by atoms with Gasteiger partial charge in [0, 0.05) is 0 Å². The fourth-order valence-electron chi connectivity index (χ4n) is 0.969. The molecule has 7 nitrogen and oxygen atoms in total. The van der Waals surface area contributed by atoms with E-state index in [1.165, 1.54) is 14.2 Å². The molecule has 1 rings (SSSR count). The molecule has 0 aliphatic heterocycles. The molecule has 0 aliphatic carbocycles. The Labute approximate surface area is 100 Å². The molecule has 1 aromatic heterocycles. The summed E-state index contributed by atoms with van der Waals surface area (Å²) in [4.78, 5) is 11.9. The van der Waals surface area contributed by atoms with Crippen molar-refractivity contribution in [3.05, 3.63) is 0 Å². The summed E-state index contributed by atoms with van der Waals surface area (Å²) in [5.74, 6) is 0.291. The molecule has 0 aromatic carbocycles. The molecule has 0 amide bonds. The van der Waals surface area contributed by atoms with Crippen molar-refractivity contribution < 1.29 is 14.6 Å². The number of nitrogens with one attached hydrogen (secondary N) is 1. The molecule has 96 valence electrons. The molecule has 1 unspecified atom stereocenters. The van der Waals surface area contributed by atoms with Crippen molar-refractivity contribution >= 4 is 5.95 Å². The van der Waals surface area contributed by atoms with Crippen molar-refractivity contribution in [2.24, 2.45) is 0 Å². The van der Waals surface area contributed by atoms with E-state index in [0.717, 1.165) is 0 Å². The van der Waals surface area contributed by atoms with Gasteiger partial charge in [-0.3, -0.25) is 0 Å². The SMILES string of the molecule is COc1nc(NC(C)(C)C(C)O)nc(OC)n1. The summed E-state index contributed by atoms with van der Waals surface area (Å²) in [6, 6.07) is 0.307. The van der Waals surface area contributed by atoms with E-state index in [-0.39, 0.29) is 12.0 Å². The molecule has 0 fully saturated rings. The highest BCUT2D eigenvalue weighted by Crippen LogP contribution is 2.18. The summed E-state index contributed by atoms with van der Waals surface area (Å²) in [5.41, 5.74) is -0.572. The van der Waals surface area contributed by atoms with Gasteiger partial charge in [0.05, 0.1) is 25.9 Å². The fraction of sp³-hybridized carbons (Fsp3) is 0.700. The zero-order chi connectivity index (χ0) is 13.1. The van der Waals surface area contributed by atoms with E-state index < -0.39 is 11.6 Å². The van der Waals surface area contributed by atoms with Crippen LogP contribution in [0.15, 0.2) is 0 Å². The first kappa shape index (κ1) is 13.4. The van der Waals surface area contributed by atoms with Crippen LogP contribution in [0.4, 0.5) is 5.95 Å². The summed E-state index contributed by atoms with van der Waals surface area (Å²) in [5, 5.41) is 12.6. The van der Waals surface area contributed by atoms with Gasteiger partial charge in [0.25, 0.3) is 0 Å². The molecule has 0 aliphatic rings. The third-order valence-electron chi connectivity index (χ3n) is 2.44. The van der Waals surface area contributed by atoms with E-state index >= 15 is 0 Å². The summed E-state index contributed by atoms with van der Waals surface area (Å²) in [7, 11) is 2.91. The lowest BCUT2D eigenvalue weighted by Crippen LogP contribution is -2.42. The predicted octanol–water partition coefficient (Wildman–Crippen LogP) is 0.460. The van der Waals surface area contributed by atoms with E-state index in [1.54, 1.807) is 6.92 Å². The van der Waals surface area contributed by atoms with Crippen molar-refractivity contribution in [3.63, 3.8) is 0 Å². The lowest BCUT2D eigenvalue weighted by Gasteiger charge is -2.29. The van der Waals surface area contributed by atoms with Gasteiger partial charge in [-0.05, 0) is 20.8 Å². The number of hydrogen-bond donors (Lipinski definition) is 2. The molecule has 1 heterocycles. The molecule has 1 atom stereocenters. The monoisotopic (exact) mass is 242 g/mol. The number of rotatable bonds is 5. The molecule has 2 N–H and O–H groups in total. The topological polar surface area (TPSA) is 89.4 Å². The largest absolute Gasteiger partial charge is 0.467 e. The van der Waals surface area contributed by atoms with Crippen LogP contribution in [-0.2, 0) is 0 Å². The zero-order valence-electron chi connectivity index (χ0n) is 10.7. The first-order chi connectivity index (χ1) is 7.89. The molecule has 7 heteroatoms. The van der Waals surface area contributed by atoms with Gasteiger partial charge in [0.15, 0.2) is 0 Å². The van der Waals surface area contributed by atoms with E-state index in [0.29, 0.717) is 5.95 Å². The average molecular weight is 242 g/mol. The summed E-state index contributed by atoms with van der Waals surface area (Å²) < 4.78 is 9.86. The lowest BCUT2D eigenvalue weighted by molar-refractivity contribution is 0.132. The van der Waals surface area contributed by atoms with Crippen LogP contribution >= 0.6 is 0 Å². The summed E-state index contributed by atoms with van der Waals surface area (Å²) >= 11 is 0. The maximum absolute atomic E-state index is 9.60. The van der Waals surface area contributed by atoms with Gasteiger partial charge >= 0.3 is 12.0 Å². The molecule has 0 radical (unpaired) electrons. The summed E-state index contributed by atoms with van der Waals surface area (Å²) in [6.45, 7) is 5.35. The smallest absolute Gasteiger partial charge is 0.324 e. The van der Waals surface area contributed by atoms with Crippen LogP contribution in [0.5, 0.6) is 12.0 Å². The van der Waals surface area contributed by atoms with E-state index in [1.807, 2.05) is 13.8 Å². The van der Waals surface area contributed by atoms with Crippen molar-refractivity contribution in [3.8, 4) is 12.0 Å². The van der Waals surface area contributed by atoms with Gasteiger partial charge in [-0.2, -0.15) is 9.97 Å². The maximum Gasteiger partial charge on any atom is 0.324 e. The lowest BCUT2D eigenvalue weighted by atomic mass is 9.99. The van der Waals surface area contributed by atoms with Gasteiger partial charge in [0.2, 0.25) is 5.95 Å². The minimum atomic E-state index is -0.573. The number of aliphatic hydroxyl groups is 1. The second-order valence-corrected chi connectivity index (χ2v) is 4.16. The number of methoxy groups -OCH3 is 2. The van der Waals surface area contributed by atoms with Crippen LogP contribution in [0.2, 0.25) is 0 Å². The first-order valence-corrected chi connectivity index (χ1v) is 5.19. The second-order valence-electron chi connectivity index (χ2n) is 4.16. The Balaban J connectivity index is 2.98. The van der Waals surface area contributed by atoms with Gasteiger partial charge in [-0.15, -0.1) is 4.98 Å². The summed E-state index contributed by atoms with van der Waals surface area (Å²) in [6.07, 6.45) is -0.573. The van der Waals surface area contributed by atoms with Crippen LogP contribution in [0.25, 0.3) is 0 Å². The number of anilines is 1. The Morgan fingerprint density at radius 1 is 1.12 bits per heavy atom. The van der Waals surface area contributed by atoms with Crippen LogP contribution in [-0.4, -0.2) is 45.9 Å². The Bertz CT molecular complexity index is 360. The third-order valence-corrected chi connectivity index (χ3v) is 2.44. The fourth-order valence-corrected chi connectivity index (χ4v) is 0.969. The standard InChI is InChI=1S/C10H18N4O3/c1-6(15)10(2,3)14-7-11-8(16-4)13-9(12-7)17-5/h6,15H,1-5H3,(H,11,12,13,14). The normalized spacial score (nSPS) is 13.1. The highest BCUT2D eigenvalue weighted by molar-refractivity contribution is 5.31. The minimum absolute atomic E-state index is 0.153. The Kier molecular flexibility index (Phi) is 4.06. The molecule has 17 heavy (non-hydrogen) atoms. The van der Waals surface area contributed by atoms with Gasteiger partial charge in [-0.1, -0.05) is 0 Å². The molecule has 0 saturated heterocycles. The number of nitrogens with zero attached hydrogens (tertiary/aromatic N) is 3. The Morgan fingerprint density at radius 3 is 1.94 bits per heavy atom. The molecule has 0 spiro atoms. The Hall–Kier alpha value is -1.63. The predicted molar refractivity (Wildman–Crippen MR) is 62.3 cm³/mol. The average Bonchev–Trinajstić information content (AvgIpc) is 2.27. The van der Waals surface area contributed by atoms with Gasteiger partial charge in [0.1, 0.15) is 0 Å². The van der Waals surface area contributed by atoms with E-state index in [9.17, 15) is 5.11 Å². The number of aliphatic hydroxyl groups excluding tert-OH is 1. The van der Waals surface area contributed by atoms with Gasteiger partial charge < -0.3 is 19.9 Å². The maximum atomic E-state index is 9.60. The van der Waals surface area contributed by atoms with Crippen LogP contribution in [0.1, 0.15) is 20.8 Å². The molecule has 0 bridgehead atoms. The van der Waals surface area contributed by atoms with Crippen molar-refractivity contribution in [2.45, 2.75) is 32.4 Å². The second kappa shape index (κ2) is 5.13. The highest BCUT2D eigenvalue weighted by atomic mass is 16.5. The van der Waals surface area contributed by atoms with Crippen LogP contribution < -0.4 is 14.8 Å². The van der Waals surface area contributed by atoms with E-state index in [4.69, 9.17) is 9.47 Å². The first-order valence-electron chi connectivity index (χ1n) is 5.19. The Morgan fingerprint density at radius 2 is 1.59 bits per heavy atom. The molecular weight excluding hydrogens is 224 g/mol. The third kappa shape index (κ3) is 3.42. The number of hydrogen-bond acceptors (Lipinski definition) is 7. The quantitative estimate of drug-likeness (QED) is 0.775. The van der Waals surface area contributed by atoms with Crippen molar-refractivity contribution in [2.75, 3.05) is 19.5 Å². The molecule has 0 saturated carbocycles. The van der Waals surface area contributed by atoms with Crippen LogP contribution in [0, 0.1) is 0 Å². The van der Waals surface area contributed by atoms with Crippen LogP contribution in [0.3, 0.4) is 0 Å². The number of aromatic nitrogens is 3. The van der Waals surface area contributed by atoms with Crippen molar-refractivity contribution in [1.29, 1.82) is 0 Å². The number of ether oxygens (including phenoxy) is 2. The van der Waals surface area contributed by atoms with Gasteiger partial charge in [-0.25, -0.2) is 0 Å². The molecule has 1 aromatic rings. The highest BCUT2D eigenvalue weighted by Gasteiger charge is 2.25.